The highest BCUT2D eigenvalue weighted by atomic mass is 16.3. The van der Waals surface area contributed by atoms with Crippen molar-refractivity contribution in [2.75, 3.05) is 26.7 Å². The van der Waals surface area contributed by atoms with E-state index < -0.39 is 0 Å². The Morgan fingerprint density at radius 3 is 2.69 bits per heavy atom. The Hall–Kier alpha value is -0.120. The van der Waals surface area contributed by atoms with Gasteiger partial charge in [-0.2, -0.15) is 0 Å². The highest BCUT2D eigenvalue weighted by molar-refractivity contribution is 4.84. The molecule has 3 nitrogen and oxygen atoms in total. The number of nitrogens with zero attached hydrogens (tertiary/aromatic N) is 1. The lowest BCUT2D eigenvalue weighted by Gasteiger charge is -2.35. The monoisotopic (exact) mass is 186 g/mol. The summed E-state index contributed by atoms with van der Waals surface area (Å²) in [6, 6.07) is 0.621. The second-order valence-electron chi connectivity index (χ2n) is 4.64. The Kier molecular flexibility index (Phi) is 3.71. The molecular weight excluding hydrogens is 164 g/mol. The van der Waals surface area contributed by atoms with Gasteiger partial charge < -0.3 is 10.4 Å². The third-order valence-corrected chi connectivity index (χ3v) is 3.08. The number of hydrogen-bond acceptors (Lipinski definition) is 3. The van der Waals surface area contributed by atoms with Crippen LogP contribution in [0, 0.1) is 0 Å². The lowest BCUT2D eigenvalue weighted by Crippen LogP contribution is -2.49. The van der Waals surface area contributed by atoms with E-state index in [1.807, 2.05) is 0 Å². The first-order valence-electron chi connectivity index (χ1n) is 5.12. The zero-order valence-electron chi connectivity index (χ0n) is 9.01. The van der Waals surface area contributed by atoms with E-state index in [0.717, 1.165) is 13.1 Å². The first-order chi connectivity index (χ1) is 6.06. The van der Waals surface area contributed by atoms with Gasteiger partial charge in [0.25, 0.3) is 0 Å². The van der Waals surface area contributed by atoms with Crippen molar-refractivity contribution in [1.82, 2.24) is 10.2 Å². The van der Waals surface area contributed by atoms with Crippen LogP contribution in [0.4, 0.5) is 0 Å². The number of rotatable bonds is 4. The molecule has 1 rings (SSSR count). The molecule has 1 atom stereocenters. The summed E-state index contributed by atoms with van der Waals surface area (Å²) in [5, 5.41) is 12.6. The van der Waals surface area contributed by atoms with Crippen molar-refractivity contribution in [3.63, 3.8) is 0 Å². The van der Waals surface area contributed by atoms with E-state index in [1.54, 1.807) is 0 Å². The molecule has 3 heteroatoms. The van der Waals surface area contributed by atoms with Crippen molar-refractivity contribution >= 4 is 0 Å². The van der Waals surface area contributed by atoms with Crippen LogP contribution in [0.25, 0.3) is 0 Å². The summed E-state index contributed by atoms with van der Waals surface area (Å²) in [4.78, 5) is 2.23. The van der Waals surface area contributed by atoms with Crippen molar-refractivity contribution in [2.45, 2.75) is 38.3 Å². The number of likely N-dealkylation sites (N-methyl/N-ethyl adjacent to an activating group) is 1. The van der Waals surface area contributed by atoms with E-state index in [1.165, 1.54) is 12.8 Å². The lowest BCUT2D eigenvalue weighted by atomic mass is 10.0. The van der Waals surface area contributed by atoms with Crippen LogP contribution in [0.5, 0.6) is 0 Å². The van der Waals surface area contributed by atoms with Crippen LogP contribution in [-0.4, -0.2) is 48.3 Å². The summed E-state index contributed by atoms with van der Waals surface area (Å²) in [5.74, 6) is 0. The van der Waals surface area contributed by atoms with E-state index in [9.17, 15) is 5.11 Å². The zero-order valence-corrected chi connectivity index (χ0v) is 9.01. The van der Waals surface area contributed by atoms with Crippen LogP contribution in [0.15, 0.2) is 0 Å². The van der Waals surface area contributed by atoms with E-state index >= 15 is 0 Å². The summed E-state index contributed by atoms with van der Waals surface area (Å²) in [6.45, 7) is 6.55. The van der Waals surface area contributed by atoms with Gasteiger partial charge in [-0.15, -0.1) is 0 Å². The maximum atomic E-state index is 9.18. The third kappa shape index (κ3) is 2.93. The molecule has 0 aliphatic carbocycles. The van der Waals surface area contributed by atoms with Gasteiger partial charge in [-0.05, 0) is 40.3 Å². The van der Waals surface area contributed by atoms with Crippen LogP contribution in [0.2, 0.25) is 0 Å². The number of aliphatic hydroxyl groups is 1. The van der Waals surface area contributed by atoms with Crippen molar-refractivity contribution in [3.8, 4) is 0 Å². The minimum Gasteiger partial charge on any atom is -0.394 e. The van der Waals surface area contributed by atoms with Crippen molar-refractivity contribution in [3.05, 3.63) is 0 Å². The van der Waals surface area contributed by atoms with E-state index in [0.29, 0.717) is 6.04 Å². The molecule has 1 unspecified atom stereocenters. The number of hydrogen-bond donors (Lipinski definition) is 2. The fourth-order valence-corrected chi connectivity index (χ4v) is 1.61. The van der Waals surface area contributed by atoms with Gasteiger partial charge in [-0.1, -0.05) is 0 Å². The van der Waals surface area contributed by atoms with Crippen LogP contribution in [0.3, 0.4) is 0 Å². The predicted octanol–water partition coefficient (Wildman–Crippen LogP) is 0.441. The Morgan fingerprint density at radius 1 is 1.54 bits per heavy atom. The topological polar surface area (TPSA) is 35.5 Å². The Morgan fingerprint density at radius 2 is 2.23 bits per heavy atom. The summed E-state index contributed by atoms with van der Waals surface area (Å²) < 4.78 is 0. The predicted molar refractivity (Wildman–Crippen MR) is 54.8 cm³/mol. The molecule has 1 aliphatic heterocycles. The average Bonchev–Trinajstić information content (AvgIpc) is 2.57. The molecule has 0 saturated carbocycles. The minimum absolute atomic E-state index is 0.0930. The fraction of sp³-hybridized carbons (Fsp3) is 1.00. The molecule has 78 valence electrons. The Labute approximate surface area is 81.1 Å². The molecule has 1 heterocycles. The summed E-state index contributed by atoms with van der Waals surface area (Å²) in [6.07, 6.45) is 2.56. The largest absolute Gasteiger partial charge is 0.394 e. The van der Waals surface area contributed by atoms with Gasteiger partial charge in [0.15, 0.2) is 0 Å². The normalized spacial score (nSPS) is 24.2. The molecule has 0 aromatic rings. The summed E-state index contributed by atoms with van der Waals surface area (Å²) in [7, 11) is 2.08. The smallest absolute Gasteiger partial charge is 0.0609 e. The molecular formula is C10H22N2O. The van der Waals surface area contributed by atoms with Gasteiger partial charge in [0, 0.05) is 18.1 Å². The van der Waals surface area contributed by atoms with Crippen molar-refractivity contribution in [1.29, 1.82) is 0 Å². The van der Waals surface area contributed by atoms with Crippen LogP contribution < -0.4 is 5.32 Å². The van der Waals surface area contributed by atoms with Crippen molar-refractivity contribution < 1.29 is 5.11 Å². The standard InChI is InChI=1S/C10H22N2O/c1-10(2,8-13)12(3)7-9-5-4-6-11-9/h9,11,13H,4-8H2,1-3H3. The molecule has 2 N–H and O–H groups in total. The van der Waals surface area contributed by atoms with E-state index in [-0.39, 0.29) is 12.1 Å². The van der Waals surface area contributed by atoms with Gasteiger partial charge in [0.2, 0.25) is 0 Å². The molecule has 1 aliphatic rings. The first kappa shape index (κ1) is 11.0. The lowest BCUT2D eigenvalue weighted by molar-refractivity contribution is 0.0728. The van der Waals surface area contributed by atoms with Crippen LogP contribution in [-0.2, 0) is 0 Å². The van der Waals surface area contributed by atoms with Crippen LogP contribution >= 0.6 is 0 Å². The van der Waals surface area contributed by atoms with Gasteiger partial charge in [0.05, 0.1) is 6.61 Å². The highest BCUT2D eigenvalue weighted by Crippen LogP contribution is 2.14. The van der Waals surface area contributed by atoms with Gasteiger partial charge in [0.1, 0.15) is 0 Å². The molecule has 1 fully saturated rings. The highest BCUT2D eigenvalue weighted by Gasteiger charge is 2.25. The second kappa shape index (κ2) is 4.40. The SMILES string of the molecule is CN(CC1CCCN1)C(C)(C)CO. The minimum atomic E-state index is -0.0930. The van der Waals surface area contributed by atoms with E-state index in [4.69, 9.17) is 0 Å². The Balaban J connectivity index is 2.34. The zero-order chi connectivity index (χ0) is 9.90. The molecule has 0 amide bonds. The molecule has 0 bridgehead atoms. The molecule has 0 aromatic heterocycles. The number of nitrogens with one attached hydrogen (secondary N) is 1. The molecule has 1 saturated heterocycles. The maximum Gasteiger partial charge on any atom is 0.0609 e. The molecule has 0 aromatic carbocycles. The van der Waals surface area contributed by atoms with Gasteiger partial charge >= 0.3 is 0 Å². The summed E-state index contributed by atoms with van der Waals surface area (Å²) in [5.41, 5.74) is -0.0930. The number of aliphatic hydroxyl groups excluding tert-OH is 1. The fourth-order valence-electron chi connectivity index (χ4n) is 1.61. The van der Waals surface area contributed by atoms with E-state index in [2.05, 4.69) is 31.1 Å². The average molecular weight is 186 g/mol. The molecule has 0 spiro atoms. The quantitative estimate of drug-likeness (QED) is 0.669. The third-order valence-electron chi connectivity index (χ3n) is 3.08. The second-order valence-corrected chi connectivity index (χ2v) is 4.64. The summed E-state index contributed by atoms with van der Waals surface area (Å²) >= 11 is 0. The van der Waals surface area contributed by atoms with Crippen molar-refractivity contribution in [2.24, 2.45) is 0 Å². The molecule has 13 heavy (non-hydrogen) atoms. The van der Waals surface area contributed by atoms with Gasteiger partial charge in [-0.25, -0.2) is 0 Å². The molecule has 0 radical (unpaired) electrons. The van der Waals surface area contributed by atoms with Crippen LogP contribution in [0.1, 0.15) is 26.7 Å². The maximum absolute atomic E-state index is 9.18. The van der Waals surface area contributed by atoms with Gasteiger partial charge in [-0.3, -0.25) is 4.90 Å². The first-order valence-corrected chi connectivity index (χ1v) is 5.12. The Bertz CT molecular complexity index is 153.